The van der Waals surface area contributed by atoms with Crippen LogP contribution in [0.15, 0.2) is 0 Å². The first kappa shape index (κ1) is 9.12. The molecular weight excluding hydrogens is 172 g/mol. The minimum atomic E-state index is -0.730. The Bertz CT molecular complexity index is 220. The van der Waals surface area contributed by atoms with Gasteiger partial charge in [0.1, 0.15) is 11.7 Å². The first-order chi connectivity index (χ1) is 5.94. The lowest BCUT2D eigenvalue weighted by Crippen LogP contribution is -2.31. The summed E-state index contributed by atoms with van der Waals surface area (Å²) >= 11 is 0. The zero-order valence-electron chi connectivity index (χ0n) is 8.07. The second-order valence-corrected chi connectivity index (χ2v) is 4.29. The fraction of sp³-hybridized carbons (Fsp3) is 0.889. The number of aldehydes is 1. The molecule has 0 radical (unpaired) electrons. The lowest BCUT2D eigenvalue weighted by molar-refractivity contribution is -0.217. The van der Waals surface area contributed by atoms with Crippen LogP contribution in [0.3, 0.4) is 0 Å². The van der Waals surface area contributed by atoms with Gasteiger partial charge >= 0.3 is 0 Å². The fourth-order valence-electron chi connectivity index (χ4n) is 1.83. The van der Waals surface area contributed by atoms with Crippen LogP contribution in [0, 0.1) is 0 Å². The van der Waals surface area contributed by atoms with E-state index in [2.05, 4.69) is 0 Å². The molecule has 0 aromatic heterocycles. The summed E-state index contributed by atoms with van der Waals surface area (Å²) in [5.74, 6) is -0.584. The summed E-state index contributed by atoms with van der Waals surface area (Å²) in [5, 5.41) is 0. The van der Waals surface area contributed by atoms with Crippen molar-refractivity contribution in [2.45, 2.75) is 51.0 Å². The molecule has 0 amide bonds. The van der Waals surface area contributed by atoms with E-state index in [9.17, 15) is 4.79 Å². The highest BCUT2D eigenvalue weighted by Crippen LogP contribution is 2.40. The molecule has 0 N–H and O–H groups in total. The highest BCUT2D eigenvalue weighted by Gasteiger charge is 2.53. The summed E-state index contributed by atoms with van der Waals surface area (Å²) in [4.78, 5) is 10.7. The van der Waals surface area contributed by atoms with Crippen molar-refractivity contribution >= 4 is 6.29 Å². The maximum atomic E-state index is 10.7. The SMILES string of the molecule is CC1(C=O)CC2OC(C)(C)OC2O1. The first-order valence-electron chi connectivity index (χ1n) is 4.44. The van der Waals surface area contributed by atoms with E-state index < -0.39 is 11.4 Å². The Morgan fingerprint density at radius 3 is 2.46 bits per heavy atom. The molecule has 2 saturated heterocycles. The Kier molecular flexibility index (Phi) is 1.77. The Labute approximate surface area is 77.1 Å². The molecule has 0 bridgehead atoms. The van der Waals surface area contributed by atoms with E-state index in [1.807, 2.05) is 13.8 Å². The Morgan fingerprint density at radius 2 is 1.92 bits per heavy atom. The number of hydrogen-bond donors (Lipinski definition) is 0. The molecule has 0 aliphatic carbocycles. The van der Waals surface area contributed by atoms with E-state index >= 15 is 0 Å². The fourth-order valence-corrected chi connectivity index (χ4v) is 1.83. The second kappa shape index (κ2) is 2.53. The molecule has 2 heterocycles. The number of hydrogen-bond acceptors (Lipinski definition) is 4. The van der Waals surface area contributed by atoms with Crippen LogP contribution in [0.5, 0.6) is 0 Å². The van der Waals surface area contributed by atoms with Crippen molar-refractivity contribution in [2.24, 2.45) is 0 Å². The molecule has 2 fully saturated rings. The zero-order chi connectivity index (χ0) is 9.69. The summed E-state index contributed by atoms with van der Waals surface area (Å²) in [5.41, 5.74) is -0.730. The van der Waals surface area contributed by atoms with Gasteiger partial charge in [-0.3, -0.25) is 0 Å². The third kappa shape index (κ3) is 1.49. The van der Waals surface area contributed by atoms with E-state index in [1.54, 1.807) is 6.92 Å². The van der Waals surface area contributed by atoms with Crippen molar-refractivity contribution in [1.29, 1.82) is 0 Å². The molecule has 0 aromatic carbocycles. The predicted octanol–water partition coefficient (Wildman–Crippen LogP) is 0.842. The molecule has 2 aliphatic heterocycles. The van der Waals surface area contributed by atoms with Gasteiger partial charge < -0.3 is 19.0 Å². The van der Waals surface area contributed by atoms with Crippen LogP contribution in [-0.4, -0.2) is 30.1 Å². The minimum absolute atomic E-state index is 0.106. The van der Waals surface area contributed by atoms with Crippen LogP contribution in [0.1, 0.15) is 27.2 Å². The smallest absolute Gasteiger partial charge is 0.188 e. The van der Waals surface area contributed by atoms with E-state index in [1.165, 1.54) is 0 Å². The van der Waals surface area contributed by atoms with Crippen LogP contribution in [0.2, 0.25) is 0 Å². The third-order valence-corrected chi connectivity index (χ3v) is 2.38. The first-order valence-corrected chi connectivity index (χ1v) is 4.44. The number of fused-ring (bicyclic) bond motifs is 1. The maximum absolute atomic E-state index is 10.7. The molecule has 0 aromatic rings. The topological polar surface area (TPSA) is 44.8 Å². The summed E-state index contributed by atoms with van der Waals surface area (Å²) in [7, 11) is 0. The van der Waals surface area contributed by atoms with Gasteiger partial charge in [-0.25, -0.2) is 0 Å². The Balaban J connectivity index is 2.09. The van der Waals surface area contributed by atoms with Crippen LogP contribution < -0.4 is 0 Å². The molecule has 3 unspecified atom stereocenters. The predicted molar refractivity (Wildman–Crippen MR) is 44.0 cm³/mol. The lowest BCUT2D eigenvalue weighted by Gasteiger charge is -2.22. The molecule has 74 valence electrons. The van der Waals surface area contributed by atoms with Crippen LogP contribution in [-0.2, 0) is 19.0 Å². The summed E-state index contributed by atoms with van der Waals surface area (Å²) in [6.07, 6.45) is 0.894. The maximum Gasteiger partial charge on any atom is 0.188 e. The highest BCUT2D eigenvalue weighted by molar-refractivity contribution is 5.62. The largest absolute Gasteiger partial charge is 0.342 e. The molecular formula is C9H14O4. The monoisotopic (exact) mass is 186 g/mol. The van der Waals surface area contributed by atoms with Gasteiger partial charge in [0, 0.05) is 6.42 Å². The minimum Gasteiger partial charge on any atom is -0.342 e. The van der Waals surface area contributed by atoms with Gasteiger partial charge in [-0.2, -0.15) is 0 Å². The van der Waals surface area contributed by atoms with Crippen molar-refractivity contribution in [3.05, 3.63) is 0 Å². The van der Waals surface area contributed by atoms with Gasteiger partial charge in [0.2, 0.25) is 0 Å². The standard InChI is InChI=1S/C9H14O4/c1-8(2)11-6-4-9(3,5-10)13-7(6)12-8/h5-7H,4H2,1-3H3. The van der Waals surface area contributed by atoms with Crippen LogP contribution >= 0.6 is 0 Å². The third-order valence-electron chi connectivity index (χ3n) is 2.38. The molecule has 3 atom stereocenters. The lowest BCUT2D eigenvalue weighted by atomic mass is 10.0. The van der Waals surface area contributed by atoms with Crippen molar-refractivity contribution in [3.8, 4) is 0 Å². The van der Waals surface area contributed by atoms with Crippen molar-refractivity contribution in [1.82, 2.24) is 0 Å². The molecule has 4 nitrogen and oxygen atoms in total. The van der Waals surface area contributed by atoms with E-state index in [0.29, 0.717) is 6.42 Å². The zero-order valence-corrected chi connectivity index (χ0v) is 8.07. The average Bonchev–Trinajstić information content (AvgIpc) is 2.38. The van der Waals surface area contributed by atoms with Crippen molar-refractivity contribution in [2.75, 3.05) is 0 Å². The van der Waals surface area contributed by atoms with Crippen molar-refractivity contribution in [3.63, 3.8) is 0 Å². The number of rotatable bonds is 1. The van der Waals surface area contributed by atoms with Gasteiger partial charge in [-0.15, -0.1) is 0 Å². The van der Waals surface area contributed by atoms with Crippen molar-refractivity contribution < 1.29 is 19.0 Å². The second-order valence-electron chi connectivity index (χ2n) is 4.29. The molecule has 13 heavy (non-hydrogen) atoms. The van der Waals surface area contributed by atoms with Gasteiger partial charge in [0.25, 0.3) is 0 Å². The molecule has 2 rings (SSSR count). The molecule has 2 aliphatic rings. The van der Waals surface area contributed by atoms with Crippen LogP contribution in [0.25, 0.3) is 0 Å². The summed E-state index contributed by atoms with van der Waals surface area (Å²) in [6.45, 7) is 5.43. The average molecular weight is 186 g/mol. The summed E-state index contributed by atoms with van der Waals surface area (Å²) in [6, 6.07) is 0. The normalized spacial score (nSPS) is 47.6. The van der Waals surface area contributed by atoms with Crippen LogP contribution in [0.4, 0.5) is 0 Å². The molecule has 4 heteroatoms. The Morgan fingerprint density at radius 1 is 1.23 bits per heavy atom. The summed E-state index contributed by atoms with van der Waals surface area (Å²) < 4.78 is 16.5. The Hall–Kier alpha value is -0.450. The van der Waals surface area contributed by atoms with E-state index in [4.69, 9.17) is 14.2 Å². The van der Waals surface area contributed by atoms with Gasteiger partial charge in [0.15, 0.2) is 18.4 Å². The molecule has 0 saturated carbocycles. The quantitative estimate of drug-likeness (QED) is 0.569. The number of ether oxygens (including phenoxy) is 3. The number of carbonyl (C=O) groups excluding carboxylic acids is 1. The van der Waals surface area contributed by atoms with Gasteiger partial charge in [-0.1, -0.05) is 0 Å². The van der Waals surface area contributed by atoms with E-state index in [-0.39, 0.29) is 12.4 Å². The molecule has 0 spiro atoms. The highest BCUT2D eigenvalue weighted by atomic mass is 16.8. The van der Waals surface area contributed by atoms with Gasteiger partial charge in [-0.05, 0) is 20.8 Å². The van der Waals surface area contributed by atoms with E-state index in [0.717, 1.165) is 6.29 Å². The number of carbonyl (C=O) groups is 1. The van der Waals surface area contributed by atoms with Gasteiger partial charge in [0.05, 0.1) is 0 Å².